The molecule has 142 valence electrons. The summed E-state index contributed by atoms with van der Waals surface area (Å²) >= 11 is 0. The predicted octanol–water partition coefficient (Wildman–Crippen LogP) is 5.95. The van der Waals surface area contributed by atoms with Crippen molar-refractivity contribution in [2.45, 2.75) is 32.5 Å². The molecule has 27 heavy (non-hydrogen) atoms. The molecule has 0 N–H and O–H groups in total. The van der Waals surface area contributed by atoms with Gasteiger partial charge in [0.25, 0.3) is 0 Å². The molecule has 0 bridgehead atoms. The molecular formula is C21H21F3N2O. The highest BCUT2D eigenvalue weighted by Gasteiger charge is 2.37. The molecule has 0 fully saturated rings. The summed E-state index contributed by atoms with van der Waals surface area (Å²) in [5, 5.41) is 0. The fourth-order valence-corrected chi connectivity index (χ4v) is 2.78. The monoisotopic (exact) mass is 374 g/mol. The molecule has 0 radical (unpaired) electrons. The first kappa shape index (κ1) is 19.0. The Morgan fingerprint density at radius 2 is 1.81 bits per heavy atom. The third kappa shape index (κ3) is 4.70. The van der Waals surface area contributed by atoms with Crippen LogP contribution in [-0.4, -0.2) is 16.2 Å². The van der Waals surface area contributed by atoms with Crippen molar-refractivity contribution in [1.29, 1.82) is 0 Å². The second-order valence-electron chi connectivity index (χ2n) is 6.21. The fourth-order valence-electron chi connectivity index (χ4n) is 2.78. The molecule has 3 nitrogen and oxygen atoms in total. The van der Waals surface area contributed by atoms with Crippen molar-refractivity contribution in [1.82, 2.24) is 9.55 Å². The summed E-state index contributed by atoms with van der Waals surface area (Å²) in [6, 6.07) is 14.1. The first-order valence-corrected chi connectivity index (χ1v) is 8.91. The molecule has 0 saturated heterocycles. The molecule has 0 amide bonds. The number of unbranched alkanes of at least 4 members (excludes halogenated alkanes) is 1. The lowest BCUT2D eigenvalue weighted by molar-refractivity contribution is -0.146. The van der Waals surface area contributed by atoms with Crippen molar-refractivity contribution in [2.24, 2.45) is 0 Å². The minimum atomic E-state index is -4.50. The van der Waals surface area contributed by atoms with Gasteiger partial charge in [0, 0.05) is 6.54 Å². The number of ether oxygens (including phenoxy) is 1. The molecule has 0 spiro atoms. The third-order valence-electron chi connectivity index (χ3n) is 4.15. The van der Waals surface area contributed by atoms with Crippen molar-refractivity contribution in [3.05, 3.63) is 66.0 Å². The van der Waals surface area contributed by atoms with Gasteiger partial charge in [-0.3, -0.25) is 0 Å². The highest BCUT2D eigenvalue weighted by atomic mass is 19.4. The number of para-hydroxylation sites is 2. The maximum Gasteiger partial charge on any atom is 0.449 e. The van der Waals surface area contributed by atoms with Crippen LogP contribution in [0.3, 0.4) is 0 Å². The molecule has 0 aliphatic heterocycles. The van der Waals surface area contributed by atoms with E-state index in [0.29, 0.717) is 17.6 Å². The Morgan fingerprint density at radius 3 is 2.52 bits per heavy atom. The van der Waals surface area contributed by atoms with Crippen molar-refractivity contribution in [2.75, 3.05) is 6.61 Å². The first-order chi connectivity index (χ1) is 13.0. The van der Waals surface area contributed by atoms with Crippen molar-refractivity contribution < 1.29 is 17.9 Å². The van der Waals surface area contributed by atoms with Gasteiger partial charge in [0.15, 0.2) is 0 Å². The Labute approximate surface area is 156 Å². The zero-order valence-electron chi connectivity index (χ0n) is 15.0. The van der Waals surface area contributed by atoms with Crippen LogP contribution < -0.4 is 4.74 Å². The summed E-state index contributed by atoms with van der Waals surface area (Å²) in [4.78, 5) is 3.74. The van der Waals surface area contributed by atoms with Gasteiger partial charge in [0.1, 0.15) is 5.75 Å². The number of aromatic nitrogens is 2. The van der Waals surface area contributed by atoms with Crippen LogP contribution in [-0.2, 0) is 12.7 Å². The van der Waals surface area contributed by atoms with Gasteiger partial charge in [-0.1, -0.05) is 49.8 Å². The smallest absolute Gasteiger partial charge is 0.449 e. The van der Waals surface area contributed by atoms with E-state index in [1.54, 1.807) is 36.4 Å². The van der Waals surface area contributed by atoms with Crippen LogP contribution in [0.25, 0.3) is 17.1 Å². The third-order valence-corrected chi connectivity index (χ3v) is 4.15. The number of benzene rings is 2. The number of hydrogen-bond acceptors (Lipinski definition) is 2. The molecular weight excluding hydrogens is 353 g/mol. The standard InChI is InChI=1S/C21H21F3N2O/c1-2-3-15-27-17-12-10-16(11-13-17)7-6-14-26-19-9-5-4-8-18(19)25-20(26)21(22,23)24/h4-13H,2-3,14-15H2,1H3/b7-6-. The van der Waals surface area contributed by atoms with E-state index in [1.807, 2.05) is 24.3 Å². The molecule has 3 aromatic rings. The lowest BCUT2D eigenvalue weighted by atomic mass is 10.2. The molecule has 6 heteroatoms. The zero-order chi connectivity index (χ0) is 19.3. The SMILES string of the molecule is CCCCOc1ccc(/C=C\Cn2c(C(F)(F)F)nc3ccccc32)cc1. The van der Waals surface area contributed by atoms with Gasteiger partial charge in [-0.15, -0.1) is 0 Å². The molecule has 1 heterocycles. The quantitative estimate of drug-likeness (QED) is 0.478. The number of fused-ring (bicyclic) bond motifs is 1. The van der Waals surface area contributed by atoms with Gasteiger partial charge < -0.3 is 9.30 Å². The summed E-state index contributed by atoms with van der Waals surface area (Å²) in [6.45, 7) is 2.87. The zero-order valence-corrected chi connectivity index (χ0v) is 15.0. The number of imidazole rings is 1. The molecule has 1 aromatic heterocycles. The Morgan fingerprint density at radius 1 is 1.07 bits per heavy atom. The van der Waals surface area contributed by atoms with Crippen molar-refractivity contribution >= 4 is 17.1 Å². The Bertz CT molecular complexity index is 911. The predicted molar refractivity (Wildman–Crippen MR) is 101 cm³/mol. The molecule has 0 aliphatic rings. The van der Waals surface area contributed by atoms with Gasteiger partial charge in [-0.25, -0.2) is 4.98 Å². The summed E-state index contributed by atoms with van der Waals surface area (Å²) in [7, 11) is 0. The number of rotatable bonds is 7. The molecule has 0 atom stereocenters. The Hall–Kier alpha value is -2.76. The number of halogens is 3. The van der Waals surface area contributed by atoms with E-state index in [9.17, 15) is 13.2 Å². The minimum Gasteiger partial charge on any atom is -0.494 e. The Kier molecular flexibility index (Phi) is 5.84. The van der Waals surface area contributed by atoms with E-state index >= 15 is 0 Å². The van der Waals surface area contributed by atoms with Crippen LogP contribution in [0.5, 0.6) is 5.75 Å². The Balaban J connectivity index is 1.74. The second-order valence-corrected chi connectivity index (χ2v) is 6.21. The number of allylic oxidation sites excluding steroid dienone is 1. The van der Waals surface area contributed by atoms with E-state index in [-0.39, 0.29) is 6.54 Å². The van der Waals surface area contributed by atoms with Gasteiger partial charge in [0.2, 0.25) is 5.82 Å². The van der Waals surface area contributed by atoms with Crippen LogP contribution in [0.4, 0.5) is 13.2 Å². The maximum absolute atomic E-state index is 13.3. The van der Waals surface area contributed by atoms with Crippen LogP contribution in [0, 0.1) is 0 Å². The summed E-state index contributed by atoms with van der Waals surface area (Å²) in [5.41, 5.74) is 1.71. The minimum absolute atomic E-state index is 0.0874. The summed E-state index contributed by atoms with van der Waals surface area (Å²) < 4.78 is 46.7. The molecule has 2 aromatic carbocycles. The normalized spacial score (nSPS) is 12.1. The van der Waals surface area contributed by atoms with E-state index in [1.165, 1.54) is 4.57 Å². The highest BCUT2D eigenvalue weighted by molar-refractivity contribution is 5.76. The van der Waals surface area contributed by atoms with E-state index < -0.39 is 12.0 Å². The maximum atomic E-state index is 13.3. The van der Waals surface area contributed by atoms with Gasteiger partial charge >= 0.3 is 6.18 Å². The van der Waals surface area contributed by atoms with Crippen LogP contribution in [0.2, 0.25) is 0 Å². The molecule has 0 unspecified atom stereocenters. The van der Waals surface area contributed by atoms with Crippen molar-refractivity contribution in [3.63, 3.8) is 0 Å². The lowest BCUT2D eigenvalue weighted by Crippen LogP contribution is -2.14. The average molecular weight is 374 g/mol. The van der Waals surface area contributed by atoms with Crippen molar-refractivity contribution in [3.8, 4) is 5.75 Å². The molecule has 0 aliphatic carbocycles. The fraction of sp³-hybridized carbons (Fsp3) is 0.286. The summed E-state index contributed by atoms with van der Waals surface area (Å²) in [5.74, 6) is -0.0893. The number of hydrogen-bond donors (Lipinski definition) is 0. The lowest BCUT2D eigenvalue weighted by Gasteiger charge is -2.09. The van der Waals surface area contributed by atoms with Crippen LogP contribution in [0.15, 0.2) is 54.6 Å². The van der Waals surface area contributed by atoms with E-state index in [2.05, 4.69) is 11.9 Å². The molecule has 0 saturated carbocycles. The van der Waals surface area contributed by atoms with Crippen LogP contribution in [0.1, 0.15) is 31.2 Å². The van der Waals surface area contributed by atoms with Gasteiger partial charge in [-0.05, 0) is 36.2 Å². The summed E-state index contributed by atoms with van der Waals surface area (Å²) in [6.07, 6.45) is 1.08. The van der Waals surface area contributed by atoms with E-state index in [0.717, 1.165) is 24.2 Å². The topological polar surface area (TPSA) is 27.1 Å². The number of alkyl halides is 3. The number of nitrogens with zero attached hydrogens (tertiary/aromatic N) is 2. The van der Waals surface area contributed by atoms with Crippen LogP contribution >= 0.6 is 0 Å². The van der Waals surface area contributed by atoms with Gasteiger partial charge in [0.05, 0.1) is 17.6 Å². The molecule has 3 rings (SSSR count). The van der Waals surface area contributed by atoms with E-state index in [4.69, 9.17) is 4.74 Å². The largest absolute Gasteiger partial charge is 0.494 e. The average Bonchev–Trinajstić information content (AvgIpc) is 3.03. The first-order valence-electron chi connectivity index (χ1n) is 8.91. The second kappa shape index (κ2) is 8.29. The van der Waals surface area contributed by atoms with Gasteiger partial charge in [-0.2, -0.15) is 13.2 Å². The highest BCUT2D eigenvalue weighted by Crippen LogP contribution is 2.31.